The van der Waals surface area contributed by atoms with Crippen molar-refractivity contribution in [3.05, 3.63) is 11.8 Å². The molecular formula is C7H12OS2. The zero-order chi connectivity index (χ0) is 7.98. The van der Waals surface area contributed by atoms with Gasteiger partial charge in [0, 0.05) is 11.3 Å². The molecule has 0 spiro atoms. The smallest absolute Gasteiger partial charge is 0.130 e. The van der Waals surface area contributed by atoms with E-state index in [1.54, 1.807) is 0 Å². The Hall–Kier alpha value is -0.0200. The van der Waals surface area contributed by atoms with E-state index in [-0.39, 0.29) is 0 Å². The normalized spacial score (nSPS) is 11.3. The molecule has 0 radical (unpaired) electrons. The van der Waals surface area contributed by atoms with Gasteiger partial charge in [0.2, 0.25) is 0 Å². The average Bonchev–Trinajstić information content (AvgIpc) is 1.86. The van der Waals surface area contributed by atoms with Crippen molar-refractivity contribution in [1.29, 1.82) is 0 Å². The molecule has 0 rings (SSSR count). The van der Waals surface area contributed by atoms with Crippen LogP contribution in [0.1, 0.15) is 20.3 Å². The van der Waals surface area contributed by atoms with E-state index in [9.17, 15) is 0 Å². The quantitative estimate of drug-likeness (QED) is 0.232. The molecule has 0 saturated heterocycles. The van der Waals surface area contributed by atoms with Crippen LogP contribution >= 0.6 is 24.8 Å². The topological polar surface area (TPSA) is 9.23 Å². The zero-order valence-electron chi connectivity index (χ0n) is 6.26. The predicted molar refractivity (Wildman–Crippen MR) is 51.6 cm³/mol. The molecular weight excluding hydrogens is 164 g/mol. The standard InChI is InChI=1S/C7H12OS2/c1-3-7(8-5-9)4-6(2)10/h4,9H,3,5H2,1-2H3/b7-4-. The molecule has 0 aliphatic heterocycles. The summed E-state index contributed by atoms with van der Waals surface area (Å²) in [4.78, 5) is 0.846. The Bertz CT molecular complexity index is 141. The fourth-order valence-electron chi connectivity index (χ4n) is 0.555. The lowest BCUT2D eigenvalue weighted by molar-refractivity contribution is 0.264. The first-order valence-electron chi connectivity index (χ1n) is 3.15. The van der Waals surface area contributed by atoms with E-state index in [0.29, 0.717) is 5.94 Å². The average molecular weight is 176 g/mol. The molecule has 0 N–H and O–H groups in total. The number of thiol groups is 1. The summed E-state index contributed by atoms with van der Waals surface area (Å²) in [5, 5.41) is 0. The van der Waals surface area contributed by atoms with Gasteiger partial charge in [-0.25, -0.2) is 0 Å². The highest BCUT2D eigenvalue weighted by Crippen LogP contribution is 2.03. The molecule has 10 heavy (non-hydrogen) atoms. The second-order valence-electron chi connectivity index (χ2n) is 1.85. The van der Waals surface area contributed by atoms with Crippen LogP contribution in [0.5, 0.6) is 0 Å². The van der Waals surface area contributed by atoms with Crippen LogP contribution in [0.2, 0.25) is 0 Å². The molecule has 0 amide bonds. The third-order valence-corrected chi connectivity index (χ3v) is 1.21. The number of thiocarbonyl (C=S) groups is 1. The lowest BCUT2D eigenvalue weighted by Crippen LogP contribution is -1.91. The summed E-state index contributed by atoms with van der Waals surface area (Å²) in [5.74, 6) is 1.32. The van der Waals surface area contributed by atoms with Gasteiger partial charge in [-0.2, -0.15) is 0 Å². The first-order valence-corrected chi connectivity index (χ1v) is 4.19. The maximum Gasteiger partial charge on any atom is 0.130 e. The maximum atomic E-state index is 5.14. The molecule has 0 aromatic heterocycles. The molecule has 0 aromatic carbocycles. The van der Waals surface area contributed by atoms with Crippen molar-refractivity contribution in [3.8, 4) is 0 Å². The van der Waals surface area contributed by atoms with Gasteiger partial charge in [-0.3, -0.25) is 0 Å². The molecule has 0 fully saturated rings. The van der Waals surface area contributed by atoms with Gasteiger partial charge in [0.1, 0.15) is 5.94 Å². The van der Waals surface area contributed by atoms with E-state index in [4.69, 9.17) is 17.0 Å². The van der Waals surface area contributed by atoms with E-state index >= 15 is 0 Å². The molecule has 0 aromatic rings. The molecule has 0 heterocycles. The van der Waals surface area contributed by atoms with Crippen LogP contribution in [-0.2, 0) is 4.74 Å². The van der Waals surface area contributed by atoms with E-state index in [1.165, 1.54) is 0 Å². The number of ether oxygens (including phenoxy) is 1. The van der Waals surface area contributed by atoms with Gasteiger partial charge in [0.05, 0.1) is 5.76 Å². The molecule has 58 valence electrons. The molecule has 0 unspecified atom stereocenters. The van der Waals surface area contributed by atoms with Gasteiger partial charge in [0.15, 0.2) is 0 Å². The highest BCUT2D eigenvalue weighted by Gasteiger charge is 1.92. The molecule has 0 aliphatic carbocycles. The van der Waals surface area contributed by atoms with E-state index in [0.717, 1.165) is 17.0 Å². The summed E-state index contributed by atoms with van der Waals surface area (Å²) in [5.41, 5.74) is 0. The SMILES string of the molecule is CC/C(=C/C(C)=S)OCS. The Morgan fingerprint density at radius 2 is 2.30 bits per heavy atom. The summed E-state index contributed by atoms with van der Waals surface area (Å²) in [7, 11) is 0. The lowest BCUT2D eigenvalue weighted by atomic mass is 10.3. The van der Waals surface area contributed by atoms with Crippen molar-refractivity contribution in [1.82, 2.24) is 0 Å². The fraction of sp³-hybridized carbons (Fsp3) is 0.571. The van der Waals surface area contributed by atoms with Crippen molar-refractivity contribution in [3.63, 3.8) is 0 Å². The molecule has 0 saturated carbocycles. The second-order valence-corrected chi connectivity index (χ2v) is 2.75. The first-order chi connectivity index (χ1) is 4.70. The number of allylic oxidation sites excluding steroid dienone is 2. The highest BCUT2D eigenvalue weighted by atomic mass is 32.1. The minimum absolute atomic E-state index is 0.419. The van der Waals surface area contributed by atoms with Crippen molar-refractivity contribution >= 4 is 29.7 Å². The second kappa shape index (κ2) is 5.74. The van der Waals surface area contributed by atoms with Crippen LogP contribution in [0.3, 0.4) is 0 Å². The fourth-order valence-corrected chi connectivity index (χ4v) is 0.853. The van der Waals surface area contributed by atoms with Crippen LogP contribution < -0.4 is 0 Å². The highest BCUT2D eigenvalue weighted by molar-refractivity contribution is 7.80. The minimum atomic E-state index is 0.419. The van der Waals surface area contributed by atoms with Gasteiger partial charge in [0.25, 0.3) is 0 Å². The van der Waals surface area contributed by atoms with Gasteiger partial charge < -0.3 is 4.74 Å². The molecule has 1 nitrogen and oxygen atoms in total. The zero-order valence-corrected chi connectivity index (χ0v) is 7.97. The Morgan fingerprint density at radius 3 is 2.60 bits per heavy atom. The summed E-state index contributed by atoms with van der Waals surface area (Å²) >= 11 is 8.80. The minimum Gasteiger partial charge on any atom is -0.488 e. The summed E-state index contributed by atoms with van der Waals surface area (Å²) in [6.07, 6.45) is 2.72. The van der Waals surface area contributed by atoms with Crippen LogP contribution in [-0.4, -0.2) is 10.8 Å². The van der Waals surface area contributed by atoms with Crippen LogP contribution in [0.15, 0.2) is 11.8 Å². The van der Waals surface area contributed by atoms with Crippen molar-refractivity contribution in [2.75, 3.05) is 5.94 Å². The Labute approximate surface area is 72.9 Å². The van der Waals surface area contributed by atoms with Crippen LogP contribution in [0.4, 0.5) is 0 Å². The lowest BCUT2D eigenvalue weighted by Gasteiger charge is -2.03. The largest absolute Gasteiger partial charge is 0.488 e. The molecule has 0 bridgehead atoms. The maximum absolute atomic E-state index is 5.14. The third-order valence-electron chi connectivity index (χ3n) is 0.963. The van der Waals surface area contributed by atoms with Crippen molar-refractivity contribution in [2.45, 2.75) is 20.3 Å². The molecule has 3 heteroatoms. The monoisotopic (exact) mass is 176 g/mol. The number of hydrogen-bond donors (Lipinski definition) is 1. The Morgan fingerprint density at radius 1 is 1.70 bits per heavy atom. The molecule has 0 aliphatic rings. The van der Waals surface area contributed by atoms with E-state index < -0.39 is 0 Å². The van der Waals surface area contributed by atoms with Gasteiger partial charge in [-0.05, 0) is 13.0 Å². The van der Waals surface area contributed by atoms with Crippen LogP contribution in [0, 0.1) is 0 Å². The number of rotatable bonds is 4. The summed E-state index contributed by atoms with van der Waals surface area (Å²) < 4.78 is 5.14. The van der Waals surface area contributed by atoms with Crippen molar-refractivity contribution < 1.29 is 4.74 Å². The van der Waals surface area contributed by atoms with E-state index in [1.807, 2.05) is 19.9 Å². The summed E-state index contributed by atoms with van der Waals surface area (Å²) in [6, 6.07) is 0. The number of hydrogen-bond acceptors (Lipinski definition) is 3. The van der Waals surface area contributed by atoms with Crippen molar-refractivity contribution in [2.24, 2.45) is 0 Å². The molecule has 0 atom stereocenters. The Balaban J connectivity index is 3.91. The van der Waals surface area contributed by atoms with Gasteiger partial charge >= 0.3 is 0 Å². The predicted octanol–water partition coefficient (Wildman–Crippen LogP) is 2.57. The van der Waals surface area contributed by atoms with Gasteiger partial charge in [-0.1, -0.05) is 19.1 Å². The van der Waals surface area contributed by atoms with E-state index in [2.05, 4.69) is 12.6 Å². The van der Waals surface area contributed by atoms with Gasteiger partial charge in [-0.15, -0.1) is 12.6 Å². The van der Waals surface area contributed by atoms with Crippen LogP contribution in [0.25, 0.3) is 0 Å². The third kappa shape index (κ3) is 4.82. The Kier molecular flexibility index (Phi) is 5.73. The summed E-state index contributed by atoms with van der Waals surface area (Å²) in [6.45, 7) is 3.89. The first kappa shape index (κ1) is 9.98.